The molecule has 1 heterocycles. The van der Waals surface area contributed by atoms with E-state index in [1.54, 1.807) is 18.7 Å². The lowest BCUT2D eigenvalue weighted by atomic mass is 9.84. The topological polar surface area (TPSA) is 69.6 Å². The van der Waals surface area contributed by atoms with Crippen molar-refractivity contribution >= 4 is 12.0 Å². The Bertz CT molecular complexity index is 337. The molecule has 1 saturated heterocycles. The summed E-state index contributed by atoms with van der Waals surface area (Å²) in [6.07, 6.45) is 2.13. The van der Waals surface area contributed by atoms with Crippen LogP contribution in [0.4, 0.5) is 4.79 Å². The van der Waals surface area contributed by atoms with Gasteiger partial charge in [0.05, 0.1) is 5.41 Å². The zero-order valence-corrected chi connectivity index (χ0v) is 11.7. The van der Waals surface area contributed by atoms with Crippen LogP contribution in [0.5, 0.6) is 0 Å². The molecule has 1 aliphatic heterocycles. The fourth-order valence-electron chi connectivity index (χ4n) is 2.08. The van der Waals surface area contributed by atoms with Gasteiger partial charge in [-0.05, 0) is 32.1 Å². The summed E-state index contributed by atoms with van der Waals surface area (Å²) in [5.74, 6) is -0.901. The number of hydrogen-bond acceptors (Lipinski definition) is 2. The number of aliphatic carboxylic acids is 1. The van der Waals surface area contributed by atoms with Crippen molar-refractivity contribution < 1.29 is 14.7 Å². The van der Waals surface area contributed by atoms with Gasteiger partial charge in [-0.3, -0.25) is 4.79 Å². The van der Waals surface area contributed by atoms with Crippen LogP contribution in [0.15, 0.2) is 0 Å². The van der Waals surface area contributed by atoms with Crippen LogP contribution >= 0.6 is 0 Å². The standard InChI is InChI=1S/C13H24N2O3/c1-12(2)6-5-7-15(9-12)11(18)14-8-13(3,4)10(16)17/h5-9H2,1-4H3,(H,14,18)(H,16,17). The second-order valence-electron chi connectivity index (χ2n) is 6.54. The van der Waals surface area contributed by atoms with E-state index in [-0.39, 0.29) is 18.0 Å². The van der Waals surface area contributed by atoms with Gasteiger partial charge < -0.3 is 15.3 Å². The number of rotatable bonds is 3. The summed E-state index contributed by atoms with van der Waals surface area (Å²) in [6.45, 7) is 9.14. The van der Waals surface area contributed by atoms with Crippen LogP contribution < -0.4 is 5.32 Å². The second-order valence-corrected chi connectivity index (χ2v) is 6.54. The Labute approximate surface area is 109 Å². The third-order valence-electron chi connectivity index (χ3n) is 3.45. The third-order valence-corrected chi connectivity index (χ3v) is 3.45. The van der Waals surface area contributed by atoms with Crippen LogP contribution in [0, 0.1) is 10.8 Å². The van der Waals surface area contributed by atoms with Crippen molar-refractivity contribution in [1.82, 2.24) is 10.2 Å². The van der Waals surface area contributed by atoms with Gasteiger partial charge in [0.25, 0.3) is 0 Å². The number of hydrogen-bond donors (Lipinski definition) is 2. The van der Waals surface area contributed by atoms with E-state index in [1.807, 2.05) is 0 Å². The number of carbonyl (C=O) groups excluding carboxylic acids is 1. The SMILES string of the molecule is CC1(C)CCCN(C(=O)NCC(C)(C)C(=O)O)C1. The predicted molar refractivity (Wildman–Crippen MR) is 69.4 cm³/mol. The van der Waals surface area contributed by atoms with Gasteiger partial charge in [-0.25, -0.2) is 4.79 Å². The molecule has 0 radical (unpaired) electrons. The zero-order chi connectivity index (χ0) is 14.0. The van der Waals surface area contributed by atoms with E-state index in [2.05, 4.69) is 19.2 Å². The smallest absolute Gasteiger partial charge is 0.317 e. The van der Waals surface area contributed by atoms with E-state index in [0.29, 0.717) is 0 Å². The van der Waals surface area contributed by atoms with E-state index < -0.39 is 11.4 Å². The Morgan fingerprint density at radius 3 is 2.50 bits per heavy atom. The second kappa shape index (κ2) is 5.16. The highest BCUT2D eigenvalue weighted by Gasteiger charge is 2.31. The molecule has 1 rings (SSSR count). The molecule has 0 spiro atoms. The van der Waals surface area contributed by atoms with Crippen molar-refractivity contribution in [1.29, 1.82) is 0 Å². The van der Waals surface area contributed by atoms with Crippen molar-refractivity contribution in [2.24, 2.45) is 10.8 Å². The molecular formula is C13H24N2O3. The highest BCUT2D eigenvalue weighted by atomic mass is 16.4. The molecule has 1 fully saturated rings. The lowest BCUT2D eigenvalue weighted by molar-refractivity contribution is -0.146. The summed E-state index contributed by atoms with van der Waals surface area (Å²) in [6, 6.07) is -0.155. The number of carboxylic acids is 1. The van der Waals surface area contributed by atoms with E-state index in [0.717, 1.165) is 25.9 Å². The molecule has 5 nitrogen and oxygen atoms in total. The number of nitrogens with one attached hydrogen (secondary N) is 1. The van der Waals surface area contributed by atoms with Crippen molar-refractivity contribution in [3.8, 4) is 0 Å². The number of carbonyl (C=O) groups is 2. The number of carboxylic acid groups (broad SMARTS) is 1. The molecule has 104 valence electrons. The number of piperidine rings is 1. The zero-order valence-electron chi connectivity index (χ0n) is 11.7. The lowest BCUT2D eigenvalue weighted by Crippen LogP contribution is -2.50. The number of urea groups is 1. The molecule has 1 aliphatic rings. The van der Waals surface area contributed by atoms with E-state index in [4.69, 9.17) is 5.11 Å². The van der Waals surface area contributed by atoms with Gasteiger partial charge in [-0.1, -0.05) is 13.8 Å². The Kier molecular flexibility index (Phi) is 4.24. The Hall–Kier alpha value is -1.26. The summed E-state index contributed by atoms with van der Waals surface area (Å²) < 4.78 is 0. The third kappa shape index (κ3) is 3.89. The van der Waals surface area contributed by atoms with Gasteiger partial charge >= 0.3 is 12.0 Å². The molecule has 0 saturated carbocycles. The molecular weight excluding hydrogens is 232 g/mol. The van der Waals surface area contributed by atoms with Crippen LogP contribution in [0.3, 0.4) is 0 Å². The fourth-order valence-corrected chi connectivity index (χ4v) is 2.08. The van der Waals surface area contributed by atoms with Crippen LogP contribution in [-0.4, -0.2) is 41.6 Å². The first-order valence-electron chi connectivity index (χ1n) is 6.40. The van der Waals surface area contributed by atoms with E-state index in [1.165, 1.54) is 0 Å². The van der Waals surface area contributed by atoms with E-state index >= 15 is 0 Å². The van der Waals surface area contributed by atoms with Crippen molar-refractivity contribution in [3.05, 3.63) is 0 Å². The van der Waals surface area contributed by atoms with Gasteiger partial charge in [0.2, 0.25) is 0 Å². The first-order valence-corrected chi connectivity index (χ1v) is 6.40. The maximum Gasteiger partial charge on any atom is 0.317 e. The highest BCUT2D eigenvalue weighted by Crippen LogP contribution is 2.28. The largest absolute Gasteiger partial charge is 0.481 e. The maximum absolute atomic E-state index is 12.0. The fraction of sp³-hybridized carbons (Fsp3) is 0.846. The van der Waals surface area contributed by atoms with Gasteiger partial charge in [0, 0.05) is 19.6 Å². The van der Waals surface area contributed by atoms with Gasteiger partial charge in [-0.15, -0.1) is 0 Å². The Morgan fingerprint density at radius 2 is 2.00 bits per heavy atom. The quantitative estimate of drug-likeness (QED) is 0.810. The average molecular weight is 256 g/mol. The van der Waals surface area contributed by atoms with Gasteiger partial charge in [0.15, 0.2) is 0 Å². The van der Waals surface area contributed by atoms with Crippen LogP contribution in [-0.2, 0) is 4.79 Å². The minimum absolute atomic E-state index is 0.151. The predicted octanol–water partition coefficient (Wildman–Crippen LogP) is 1.93. The number of likely N-dealkylation sites (tertiary alicyclic amines) is 1. The van der Waals surface area contributed by atoms with Crippen LogP contribution in [0.25, 0.3) is 0 Å². The molecule has 0 bridgehead atoms. The van der Waals surface area contributed by atoms with Crippen LogP contribution in [0.1, 0.15) is 40.5 Å². The molecule has 0 aromatic rings. The number of amides is 2. The molecule has 0 aromatic heterocycles. The average Bonchev–Trinajstić information content (AvgIpc) is 2.24. The van der Waals surface area contributed by atoms with Crippen molar-refractivity contribution in [3.63, 3.8) is 0 Å². The molecule has 5 heteroatoms. The summed E-state index contributed by atoms with van der Waals surface area (Å²) >= 11 is 0. The maximum atomic E-state index is 12.0. The highest BCUT2D eigenvalue weighted by molar-refractivity contribution is 5.77. The van der Waals surface area contributed by atoms with E-state index in [9.17, 15) is 9.59 Å². The Morgan fingerprint density at radius 1 is 1.39 bits per heavy atom. The monoisotopic (exact) mass is 256 g/mol. The summed E-state index contributed by atoms with van der Waals surface area (Å²) in [5.41, 5.74) is -0.779. The molecule has 2 amide bonds. The molecule has 18 heavy (non-hydrogen) atoms. The summed E-state index contributed by atoms with van der Waals surface area (Å²) in [7, 11) is 0. The normalized spacial score (nSPS) is 19.4. The summed E-state index contributed by atoms with van der Waals surface area (Å²) in [4.78, 5) is 24.7. The molecule has 0 atom stereocenters. The van der Waals surface area contributed by atoms with Gasteiger partial charge in [0.1, 0.15) is 0 Å². The molecule has 0 aliphatic carbocycles. The Balaban J connectivity index is 2.49. The number of nitrogens with zero attached hydrogens (tertiary/aromatic N) is 1. The molecule has 0 unspecified atom stereocenters. The minimum Gasteiger partial charge on any atom is -0.481 e. The molecule has 2 N–H and O–H groups in total. The van der Waals surface area contributed by atoms with Crippen molar-refractivity contribution in [2.45, 2.75) is 40.5 Å². The summed E-state index contributed by atoms with van der Waals surface area (Å²) in [5, 5.41) is 11.7. The first kappa shape index (κ1) is 14.8. The molecule has 0 aromatic carbocycles. The first-order chi connectivity index (χ1) is 8.14. The minimum atomic E-state index is -0.930. The lowest BCUT2D eigenvalue weighted by Gasteiger charge is -2.38. The van der Waals surface area contributed by atoms with Crippen LogP contribution in [0.2, 0.25) is 0 Å². The van der Waals surface area contributed by atoms with Crippen molar-refractivity contribution in [2.75, 3.05) is 19.6 Å². The van der Waals surface area contributed by atoms with Gasteiger partial charge in [-0.2, -0.15) is 0 Å².